The molecule has 0 bridgehead atoms. The van der Waals surface area contributed by atoms with Gasteiger partial charge in [-0.1, -0.05) is 18.2 Å². The molecule has 5 rings (SSSR count). The molecule has 2 aliphatic heterocycles. The van der Waals surface area contributed by atoms with Gasteiger partial charge in [-0.15, -0.1) is 0 Å². The minimum atomic E-state index is -0.556. The third-order valence-corrected chi connectivity index (χ3v) is 5.73. The fraction of sp³-hybridized carbons (Fsp3) is 0.320. The van der Waals surface area contributed by atoms with Crippen LogP contribution in [0.25, 0.3) is 0 Å². The van der Waals surface area contributed by atoms with Crippen LogP contribution >= 0.6 is 0 Å². The van der Waals surface area contributed by atoms with Gasteiger partial charge in [-0.05, 0) is 43.7 Å². The van der Waals surface area contributed by atoms with Gasteiger partial charge in [0, 0.05) is 12.8 Å². The Morgan fingerprint density at radius 3 is 2.80 bits per heavy atom. The second-order valence-electron chi connectivity index (χ2n) is 8.08. The third-order valence-electron chi connectivity index (χ3n) is 5.73. The Morgan fingerprint density at radius 2 is 2.00 bits per heavy atom. The molecule has 35 heavy (non-hydrogen) atoms. The highest BCUT2D eigenvalue weighted by Gasteiger charge is 2.35. The zero-order chi connectivity index (χ0) is 24.4. The number of nitrogens with one attached hydrogen (secondary N) is 2. The number of ether oxygens (including phenoxy) is 4. The lowest BCUT2D eigenvalue weighted by Gasteiger charge is -2.29. The van der Waals surface area contributed by atoms with Crippen LogP contribution in [0.4, 0.5) is 11.6 Å². The van der Waals surface area contributed by atoms with Gasteiger partial charge < -0.3 is 29.6 Å². The van der Waals surface area contributed by atoms with E-state index in [1.54, 1.807) is 11.8 Å². The van der Waals surface area contributed by atoms with E-state index < -0.39 is 6.04 Å². The van der Waals surface area contributed by atoms with Gasteiger partial charge >= 0.3 is 0 Å². The van der Waals surface area contributed by atoms with Gasteiger partial charge in [-0.3, -0.25) is 4.79 Å². The predicted molar refractivity (Wildman–Crippen MR) is 129 cm³/mol. The van der Waals surface area contributed by atoms with Gasteiger partial charge in [0.15, 0.2) is 17.3 Å². The van der Waals surface area contributed by atoms with Crippen LogP contribution in [0.1, 0.15) is 31.3 Å². The molecule has 0 saturated carbocycles. The standard InChI is InChI=1S/C25H27N5O5/c1-4-33-18-8-6-5-7-17(18)27-24(31)22-15(2)26-25-28-21(14-32-3)29-30(25)23(22)16-9-10-19-20(13-16)35-12-11-34-19/h5-10,13,23H,4,11-12,14H2,1-3H3,(H,27,31)(H,26,28,29). The fourth-order valence-corrected chi connectivity index (χ4v) is 4.26. The third kappa shape index (κ3) is 4.40. The summed E-state index contributed by atoms with van der Waals surface area (Å²) in [5.74, 6) is 2.66. The van der Waals surface area contributed by atoms with E-state index in [4.69, 9.17) is 18.9 Å². The normalized spacial score (nSPS) is 16.4. The molecule has 0 aliphatic carbocycles. The van der Waals surface area contributed by atoms with E-state index in [-0.39, 0.29) is 12.5 Å². The summed E-state index contributed by atoms with van der Waals surface area (Å²) in [7, 11) is 1.59. The number of carbonyl (C=O) groups is 1. The molecule has 10 nitrogen and oxygen atoms in total. The summed E-state index contributed by atoms with van der Waals surface area (Å²) in [5.41, 5.74) is 2.56. The number of methoxy groups -OCH3 is 1. The van der Waals surface area contributed by atoms with Crippen molar-refractivity contribution >= 4 is 17.5 Å². The van der Waals surface area contributed by atoms with Crippen molar-refractivity contribution in [3.63, 3.8) is 0 Å². The van der Waals surface area contributed by atoms with Crippen molar-refractivity contribution in [2.75, 3.05) is 37.6 Å². The van der Waals surface area contributed by atoms with E-state index in [0.29, 0.717) is 65.8 Å². The molecule has 2 aliphatic rings. The number of amides is 1. The molecule has 0 radical (unpaired) electrons. The molecule has 10 heteroatoms. The lowest BCUT2D eigenvalue weighted by molar-refractivity contribution is -0.113. The average Bonchev–Trinajstić information content (AvgIpc) is 3.26. The van der Waals surface area contributed by atoms with Crippen molar-refractivity contribution in [2.24, 2.45) is 0 Å². The Bertz CT molecular complexity index is 1290. The molecule has 0 saturated heterocycles. The Hall–Kier alpha value is -4.05. The summed E-state index contributed by atoms with van der Waals surface area (Å²) in [5, 5.41) is 10.9. The molecular formula is C25H27N5O5. The second kappa shape index (κ2) is 9.67. The lowest BCUT2D eigenvalue weighted by Crippen LogP contribution is -2.31. The highest BCUT2D eigenvalue weighted by atomic mass is 16.6. The Morgan fingerprint density at radius 1 is 1.20 bits per heavy atom. The first kappa shape index (κ1) is 22.7. The van der Waals surface area contributed by atoms with E-state index in [1.807, 2.05) is 56.3 Å². The molecule has 3 aromatic rings. The molecule has 2 aromatic carbocycles. The molecule has 1 unspecified atom stereocenters. The van der Waals surface area contributed by atoms with Crippen molar-refractivity contribution in [3.8, 4) is 17.2 Å². The van der Waals surface area contributed by atoms with Crippen LogP contribution in [-0.4, -0.2) is 47.6 Å². The van der Waals surface area contributed by atoms with Crippen molar-refractivity contribution in [2.45, 2.75) is 26.5 Å². The summed E-state index contributed by atoms with van der Waals surface area (Å²) >= 11 is 0. The van der Waals surface area contributed by atoms with Gasteiger partial charge in [0.25, 0.3) is 5.91 Å². The number of aromatic nitrogens is 3. The molecule has 1 atom stereocenters. The summed E-state index contributed by atoms with van der Waals surface area (Å²) in [6, 6.07) is 12.5. The van der Waals surface area contributed by atoms with Crippen molar-refractivity contribution in [3.05, 3.63) is 65.1 Å². The minimum absolute atomic E-state index is 0.248. The molecule has 2 N–H and O–H groups in total. The first-order chi connectivity index (χ1) is 17.1. The Kier molecular flexibility index (Phi) is 6.28. The van der Waals surface area contributed by atoms with Crippen molar-refractivity contribution < 1.29 is 23.7 Å². The van der Waals surface area contributed by atoms with Crippen LogP contribution in [0.15, 0.2) is 53.7 Å². The van der Waals surface area contributed by atoms with Crippen molar-refractivity contribution in [1.29, 1.82) is 0 Å². The van der Waals surface area contributed by atoms with Crippen LogP contribution in [-0.2, 0) is 16.1 Å². The first-order valence-electron chi connectivity index (χ1n) is 11.4. The van der Waals surface area contributed by atoms with Crippen LogP contribution in [0.3, 0.4) is 0 Å². The molecule has 0 spiro atoms. The molecule has 1 amide bonds. The minimum Gasteiger partial charge on any atom is -0.492 e. The van der Waals surface area contributed by atoms with Gasteiger partial charge in [-0.2, -0.15) is 10.1 Å². The number of carbonyl (C=O) groups excluding carboxylic acids is 1. The fourth-order valence-electron chi connectivity index (χ4n) is 4.26. The number of allylic oxidation sites excluding steroid dienone is 1. The summed E-state index contributed by atoms with van der Waals surface area (Å²) in [6.07, 6.45) is 0. The molecule has 1 aromatic heterocycles. The topological polar surface area (TPSA) is 109 Å². The van der Waals surface area contributed by atoms with Gasteiger partial charge in [0.2, 0.25) is 5.95 Å². The van der Waals surface area contributed by atoms with Gasteiger partial charge in [0.1, 0.15) is 31.6 Å². The van der Waals surface area contributed by atoms with E-state index in [1.165, 1.54) is 0 Å². The monoisotopic (exact) mass is 477 g/mol. The number of anilines is 2. The number of rotatable bonds is 7. The number of fused-ring (bicyclic) bond motifs is 2. The highest BCUT2D eigenvalue weighted by Crippen LogP contribution is 2.40. The van der Waals surface area contributed by atoms with Crippen LogP contribution < -0.4 is 24.8 Å². The van der Waals surface area contributed by atoms with Gasteiger partial charge in [0.05, 0.1) is 17.9 Å². The van der Waals surface area contributed by atoms with Crippen molar-refractivity contribution in [1.82, 2.24) is 14.8 Å². The summed E-state index contributed by atoms with van der Waals surface area (Å²) in [6.45, 7) is 5.45. The maximum atomic E-state index is 13.7. The van der Waals surface area contributed by atoms with Crippen LogP contribution in [0.2, 0.25) is 0 Å². The van der Waals surface area contributed by atoms with E-state index in [0.717, 1.165) is 5.56 Å². The van der Waals surface area contributed by atoms with E-state index in [9.17, 15) is 4.79 Å². The van der Waals surface area contributed by atoms with Crippen LogP contribution in [0.5, 0.6) is 17.2 Å². The van der Waals surface area contributed by atoms with Crippen LogP contribution in [0, 0.1) is 0 Å². The number of benzene rings is 2. The Balaban J connectivity index is 1.57. The highest BCUT2D eigenvalue weighted by molar-refractivity contribution is 6.06. The largest absolute Gasteiger partial charge is 0.492 e. The van der Waals surface area contributed by atoms with Gasteiger partial charge in [-0.25, -0.2) is 4.68 Å². The molecule has 3 heterocycles. The second-order valence-corrected chi connectivity index (χ2v) is 8.08. The number of nitrogens with zero attached hydrogens (tertiary/aromatic N) is 3. The quantitative estimate of drug-likeness (QED) is 0.532. The summed E-state index contributed by atoms with van der Waals surface area (Å²) in [4.78, 5) is 18.3. The predicted octanol–water partition coefficient (Wildman–Crippen LogP) is 3.52. The maximum absolute atomic E-state index is 13.7. The zero-order valence-electron chi connectivity index (χ0n) is 19.8. The smallest absolute Gasteiger partial charge is 0.255 e. The average molecular weight is 478 g/mol. The lowest BCUT2D eigenvalue weighted by atomic mass is 9.94. The zero-order valence-corrected chi connectivity index (χ0v) is 19.8. The van der Waals surface area contributed by atoms with E-state index in [2.05, 4.69) is 20.7 Å². The number of hydrogen-bond acceptors (Lipinski definition) is 8. The maximum Gasteiger partial charge on any atom is 0.255 e. The first-order valence-corrected chi connectivity index (χ1v) is 11.4. The molecule has 182 valence electrons. The number of para-hydroxylation sites is 2. The molecule has 0 fully saturated rings. The summed E-state index contributed by atoms with van der Waals surface area (Å²) < 4.78 is 24.1. The van der Waals surface area contributed by atoms with E-state index >= 15 is 0 Å². The number of hydrogen-bond donors (Lipinski definition) is 2. The SMILES string of the molecule is CCOc1ccccc1NC(=O)C1=C(C)Nc2nc(COC)nn2C1c1ccc2c(c1)OCCO2. The Labute approximate surface area is 202 Å². The molecular weight excluding hydrogens is 450 g/mol.